The van der Waals surface area contributed by atoms with Crippen LogP contribution in [0.5, 0.6) is 0 Å². The molecule has 0 radical (unpaired) electrons. The van der Waals surface area contributed by atoms with E-state index in [-0.39, 0.29) is 29.1 Å². The van der Waals surface area contributed by atoms with Crippen molar-refractivity contribution in [3.63, 3.8) is 0 Å². The van der Waals surface area contributed by atoms with Crippen molar-refractivity contribution in [3.05, 3.63) is 72.2 Å². The maximum Gasteiger partial charge on any atom is 0.319 e. The van der Waals surface area contributed by atoms with Crippen LogP contribution in [0.2, 0.25) is 0 Å². The van der Waals surface area contributed by atoms with E-state index in [0.29, 0.717) is 6.42 Å². The maximum atomic E-state index is 12.7. The number of anilines is 1. The molecule has 2 amide bonds. The lowest BCUT2D eigenvalue weighted by Crippen LogP contribution is -2.59. The van der Waals surface area contributed by atoms with Crippen LogP contribution in [0.1, 0.15) is 62.1 Å². The van der Waals surface area contributed by atoms with Gasteiger partial charge in [0.1, 0.15) is 0 Å². The third kappa shape index (κ3) is 3.52. The Labute approximate surface area is 200 Å². The minimum absolute atomic E-state index is 0.0604. The number of carbonyl (C=O) groups excluding carboxylic acids is 1. The van der Waals surface area contributed by atoms with E-state index in [2.05, 4.69) is 44.5 Å². The largest absolute Gasteiger partial charge is 0.392 e. The van der Waals surface area contributed by atoms with Gasteiger partial charge in [0.25, 0.3) is 0 Å². The van der Waals surface area contributed by atoms with Crippen LogP contribution in [0.25, 0.3) is 11.3 Å². The number of aliphatic hydroxyl groups excluding tert-OH is 1. The molecule has 2 bridgehead atoms. The minimum Gasteiger partial charge on any atom is -0.392 e. The molecular weight excluding hydrogens is 424 g/mol. The van der Waals surface area contributed by atoms with Crippen LogP contribution in [0.4, 0.5) is 10.5 Å². The summed E-state index contributed by atoms with van der Waals surface area (Å²) >= 11 is 0. The first kappa shape index (κ1) is 21.4. The standard InChI is InChI=1S/C28H32N4O2/c1-19-6-8-20(9-7-19)30-26(34)31-28-13-10-27(11-14-28,12-15-28)25(33)16-23-21-4-2-3-5-22(21)24-17-29-18-32(23)24/h2-9,17-18,23,25,33H,10-16H2,1H3,(H2,30,31,34). The molecule has 3 N–H and O–H groups in total. The lowest BCUT2D eigenvalue weighted by molar-refractivity contribution is -0.0732. The fraction of sp³-hybridized carbons (Fsp3) is 0.429. The molecule has 6 heteroatoms. The number of nitrogens with one attached hydrogen (secondary N) is 2. The van der Waals surface area contributed by atoms with Crippen molar-refractivity contribution >= 4 is 11.7 Å². The van der Waals surface area contributed by atoms with Gasteiger partial charge in [0.15, 0.2) is 0 Å². The second-order valence-corrected chi connectivity index (χ2v) is 10.6. The molecule has 0 spiro atoms. The van der Waals surface area contributed by atoms with E-state index in [0.717, 1.165) is 49.9 Å². The predicted octanol–water partition coefficient (Wildman–Crippen LogP) is 5.43. The normalized spacial score (nSPS) is 27.6. The Morgan fingerprint density at radius 1 is 1.09 bits per heavy atom. The zero-order valence-corrected chi connectivity index (χ0v) is 19.6. The highest BCUT2D eigenvalue weighted by molar-refractivity contribution is 5.89. The molecule has 7 rings (SSSR count). The average molecular weight is 457 g/mol. The Morgan fingerprint density at radius 2 is 1.79 bits per heavy atom. The number of imidazole rings is 1. The Bertz CT molecular complexity index is 1190. The smallest absolute Gasteiger partial charge is 0.319 e. The van der Waals surface area contributed by atoms with Crippen LogP contribution >= 0.6 is 0 Å². The molecule has 1 aromatic heterocycles. The van der Waals surface area contributed by atoms with Gasteiger partial charge in [-0.3, -0.25) is 0 Å². The summed E-state index contributed by atoms with van der Waals surface area (Å²) in [6.45, 7) is 2.04. The Kier molecular flexibility index (Phi) is 5.03. The van der Waals surface area contributed by atoms with Gasteiger partial charge >= 0.3 is 6.03 Å². The summed E-state index contributed by atoms with van der Waals surface area (Å²) in [4.78, 5) is 17.1. The van der Waals surface area contributed by atoms with Crippen molar-refractivity contribution in [3.8, 4) is 11.3 Å². The van der Waals surface area contributed by atoms with E-state index in [1.807, 2.05) is 43.7 Å². The first-order chi connectivity index (χ1) is 16.5. The van der Waals surface area contributed by atoms with E-state index in [4.69, 9.17) is 0 Å². The van der Waals surface area contributed by atoms with Gasteiger partial charge in [-0.05, 0) is 75.0 Å². The van der Waals surface area contributed by atoms with Crippen LogP contribution < -0.4 is 10.6 Å². The second kappa shape index (κ2) is 7.98. The highest BCUT2D eigenvalue weighted by atomic mass is 16.3. The number of hydrogen-bond donors (Lipinski definition) is 3. The first-order valence-electron chi connectivity index (χ1n) is 12.4. The quantitative estimate of drug-likeness (QED) is 0.479. The lowest BCUT2D eigenvalue weighted by atomic mass is 9.54. The molecule has 0 saturated heterocycles. The van der Waals surface area contributed by atoms with Crippen molar-refractivity contribution in [1.29, 1.82) is 0 Å². The zero-order valence-electron chi connectivity index (χ0n) is 19.6. The van der Waals surface area contributed by atoms with Gasteiger partial charge in [-0.1, -0.05) is 42.0 Å². The third-order valence-electron chi connectivity index (χ3n) is 8.74. The van der Waals surface area contributed by atoms with Crippen molar-refractivity contribution in [2.75, 3.05) is 5.32 Å². The molecule has 1 aliphatic heterocycles. The summed E-state index contributed by atoms with van der Waals surface area (Å²) < 4.78 is 2.22. The van der Waals surface area contributed by atoms with E-state index >= 15 is 0 Å². The van der Waals surface area contributed by atoms with Crippen molar-refractivity contribution in [2.45, 2.75) is 69.6 Å². The number of fused-ring (bicyclic) bond motifs is 6. The summed E-state index contributed by atoms with van der Waals surface area (Å²) in [6.07, 6.45) is 9.75. The van der Waals surface area contributed by atoms with E-state index < -0.39 is 0 Å². The zero-order chi connectivity index (χ0) is 23.3. The first-order valence-corrected chi connectivity index (χ1v) is 12.4. The van der Waals surface area contributed by atoms with Crippen LogP contribution in [-0.2, 0) is 0 Å². The van der Waals surface area contributed by atoms with Gasteiger partial charge in [0, 0.05) is 16.8 Å². The predicted molar refractivity (Wildman–Crippen MR) is 133 cm³/mol. The topological polar surface area (TPSA) is 79.2 Å². The molecule has 2 atom stereocenters. The van der Waals surface area contributed by atoms with Crippen molar-refractivity contribution in [1.82, 2.24) is 14.9 Å². The summed E-state index contributed by atoms with van der Waals surface area (Å²) in [5.41, 5.74) is 5.41. The van der Waals surface area contributed by atoms with Gasteiger partial charge in [0.05, 0.1) is 30.4 Å². The number of aliphatic hydroxyl groups is 1. The molecule has 2 heterocycles. The lowest BCUT2D eigenvalue weighted by Gasteiger charge is -2.55. The fourth-order valence-corrected chi connectivity index (χ4v) is 6.58. The molecule has 176 valence electrons. The molecular formula is C28H32N4O2. The van der Waals surface area contributed by atoms with E-state index in [1.165, 1.54) is 16.7 Å². The highest BCUT2D eigenvalue weighted by Gasteiger charge is 2.53. The molecule has 3 aliphatic carbocycles. The van der Waals surface area contributed by atoms with Gasteiger partial charge in [0.2, 0.25) is 0 Å². The summed E-state index contributed by atoms with van der Waals surface area (Å²) in [7, 11) is 0. The Morgan fingerprint density at radius 3 is 2.53 bits per heavy atom. The number of benzene rings is 2. The summed E-state index contributed by atoms with van der Waals surface area (Å²) in [6, 6.07) is 16.3. The minimum atomic E-state index is -0.376. The Balaban J connectivity index is 1.12. The number of urea groups is 1. The molecule has 34 heavy (non-hydrogen) atoms. The molecule has 2 unspecified atom stereocenters. The number of aryl methyl sites for hydroxylation is 1. The number of carbonyl (C=O) groups is 1. The van der Waals surface area contributed by atoms with E-state index in [9.17, 15) is 9.90 Å². The monoisotopic (exact) mass is 456 g/mol. The molecule has 3 saturated carbocycles. The molecule has 3 aromatic rings. The molecule has 4 aliphatic rings. The number of hydrogen-bond acceptors (Lipinski definition) is 3. The van der Waals surface area contributed by atoms with Gasteiger partial charge in [-0.25, -0.2) is 9.78 Å². The SMILES string of the molecule is Cc1ccc(NC(=O)NC23CCC(C(O)CC4c5ccccc5-c5cncn54)(CC2)CC3)cc1. The molecule has 6 nitrogen and oxygen atoms in total. The number of aromatic nitrogens is 2. The van der Waals surface area contributed by atoms with Gasteiger partial charge < -0.3 is 20.3 Å². The Hall–Kier alpha value is -3.12. The van der Waals surface area contributed by atoms with Gasteiger partial charge in [-0.15, -0.1) is 0 Å². The van der Waals surface area contributed by atoms with Crippen molar-refractivity contribution < 1.29 is 9.90 Å². The third-order valence-corrected chi connectivity index (χ3v) is 8.74. The van der Waals surface area contributed by atoms with Crippen LogP contribution in [0, 0.1) is 12.3 Å². The van der Waals surface area contributed by atoms with E-state index in [1.54, 1.807) is 0 Å². The summed E-state index contributed by atoms with van der Waals surface area (Å²) in [5, 5.41) is 17.8. The maximum absolute atomic E-state index is 12.7. The fourth-order valence-electron chi connectivity index (χ4n) is 6.58. The van der Waals surface area contributed by atoms with Crippen LogP contribution in [0.15, 0.2) is 61.1 Å². The molecule has 2 aromatic carbocycles. The van der Waals surface area contributed by atoms with Gasteiger partial charge in [-0.2, -0.15) is 0 Å². The second-order valence-electron chi connectivity index (χ2n) is 10.6. The van der Waals surface area contributed by atoms with Crippen LogP contribution in [-0.4, -0.2) is 32.3 Å². The average Bonchev–Trinajstić information content (AvgIpc) is 3.44. The number of amides is 2. The summed E-state index contributed by atoms with van der Waals surface area (Å²) in [5.74, 6) is 0. The highest BCUT2D eigenvalue weighted by Crippen LogP contribution is 2.56. The van der Waals surface area contributed by atoms with Crippen LogP contribution in [0.3, 0.4) is 0 Å². The molecule has 3 fully saturated rings. The van der Waals surface area contributed by atoms with Crippen molar-refractivity contribution in [2.24, 2.45) is 5.41 Å². The number of nitrogens with zero attached hydrogens (tertiary/aromatic N) is 2. The number of rotatable bonds is 5.